The van der Waals surface area contributed by atoms with E-state index in [1.165, 1.54) is 12.1 Å². The number of ether oxygens (including phenoxy) is 1. The number of benzene rings is 2. The van der Waals surface area contributed by atoms with Crippen molar-refractivity contribution < 1.29 is 13.5 Å². The van der Waals surface area contributed by atoms with Crippen LogP contribution in [0.1, 0.15) is 0 Å². The largest absolute Gasteiger partial charge is 0.454 e. The molecule has 17 heavy (non-hydrogen) atoms. The van der Waals surface area contributed by atoms with Crippen molar-refractivity contribution in [2.75, 3.05) is 5.73 Å². The van der Waals surface area contributed by atoms with Crippen molar-refractivity contribution in [3.05, 3.63) is 52.5 Å². The van der Waals surface area contributed by atoms with E-state index in [0.29, 0.717) is 15.9 Å². The molecule has 0 spiro atoms. The second-order valence-electron chi connectivity index (χ2n) is 3.34. The summed E-state index contributed by atoms with van der Waals surface area (Å²) in [6.45, 7) is 0. The fourth-order valence-electron chi connectivity index (χ4n) is 1.26. The molecule has 0 aliphatic rings. The first kappa shape index (κ1) is 11.9. The minimum absolute atomic E-state index is 0.165. The molecule has 0 unspecified atom stereocenters. The van der Waals surface area contributed by atoms with Gasteiger partial charge in [-0.2, -0.15) is 4.39 Å². The molecule has 2 rings (SSSR count). The highest BCUT2D eigenvalue weighted by Crippen LogP contribution is 2.30. The number of anilines is 1. The Labute approximate surface area is 105 Å². The predicted octanol–water partition coefficient (Wildman–Crippen LogP) is 4.10. The quantitative estimate of drug-likeness (QED) is 0.847. The molecule has 0 amide bonds. The third kappa shape index (κ3) is 2.55. The van der Waals surface area contributed by atoms with Crippen LogP contribution < -0.4 is 10.5 Å². The van der Waals surface area contributed by atoms with Crippen LogP contribution in [0.3, 0.4) is 0 Å². The van der Waals surface area contributed by atoms with Crippen LogP contribution in [0.15, 0.2) is 40.9 Å². The van der Waals surface area contributed by atoms with Gasteiger partial charge in [0, 0.05) is 10.2 Å². The lowest BCUT2D eigenvalue weighted by molar-refractivity contribution is 0.416. The molecule has 0 bridgehead atoms. The van der Waals surface area contributed by atoms with E-state index in [2.05, 4.69) is 15.9 Å². The first-order valence-corrected chi connectivity index (χ1v) is 5.54. The summed E-state index contributed by atoms with van der Waals surface area (Å²) in [5, 5.41) is 0. The van der Waals surface area contributed by atoms with E-state index < -0.39 is 11.6 Å². The van der Waals surface area contributed by atoms with Crippen molar-refractivity contribution in [1.29, 1.82) is 0 Å². The van der Waals surface area contributed by atoms with Gasteiger partial charge in [0.1, 0.15) is 5.75 Å². The maximum Gasteiger partial charge on any atom is 0.201 e. The van der Waals surface area contributed by atoms with Crippen LogP contribution in [0.4, 0.5) is 14.5 Å². The topological polar surface area (TPSA) is 35.2 Å². The molecule has 2 aromatic carbocycles. The van der Waals surface area contributed by atoms with E-state index in [1.54, 1.807) is 18.2 Å². The van der Waals surface area contributed by atoms with Gasteiger partial charge in [-0.25, -0.2) is 4.39 Å². The first-order valence-electron chi connectivity index (χ1n) is 4.75. The molecular weight excluding hydrogens is 292 g/mol. The third-order valence-corrected chi connectivity index (χ3v) is 2.80. The Bertz CT molecular complexity index is 560. The number of hydrogen-bond acceptors (Lipinski definition) is 2. The maximum atomic E-state index is 13.3. The summed E-state index contributed by atoms with van der Waals surface area (Å²) < 4.78 is 32.1. The minimum Gasteiger partial charge on any atom is -0.454 e. The molecule has 0 fully saturated rings. The van der Waals surface area contributed by atoms with Gasteiger partial charge in [0.25, 0.3) is 0 Å². The number of rotatable bonds is 2. The molecule has 0 heterocycles. The van der Waals surface area contributed by atoms with Crippen molar-refractivity contribution in [1.82, 2.24) is 0 Å². The lowest BCUT2D eigenvalue weighted by Crippen LogP contribution is -1.92. The van der Waals surface area contributed by atoms with Crippen molar-refractivity contribution in [2.24, 2.45) is 0 Å². The van der Waals surface area contributed by atoms with E-state index in [0.717, 1.165) is 6.07 Å². The first-order chi connectivity index (χ1) is 8.08. The van der Waals surface area contributed by atoms with Crippen molar-refractivity contribution in [3.63, 3.8) is 0 Å². The average molecular weight is 300 g/mol. The fraction of sp³-hybridized carbons (Fsp3) is 0. The molecule has 2 N–H and O–H groups in total. The Morgan fingerprint density at radius 2 is 1.88 bits per heavy atom. The smallest absolute Gasteiger partial charge is 0.201 e. The fourth-order valence-corrected chi connectivity index (χ4v) is 1.62. The van der Waals surface area contributed by atoms with Gasteiger partial charge in [-0.1, -0.05) is 6.07 Å². The van der Waals surface area contributed by atoms with Crippen LogP contribution >= 0.6 is 15.9 Å². The van der Waals surface area contributed by atoms with Crippen LogP contribution in [0.25, 0.3) is 0 Å². The zero-order valence-corrected chi connectivity index (χ0v) is 10.2. The van der Waals surface area contributed by atoms with Crippen LogP contribution in [0, 0.1) is 11.6 Å². The molecule has 0 saturated heterocycles. The Hall–Kier alpha value is -1.62. The SMILES string of the molecule is Nc1ccc(Oc2cccc(F)c2F)cc1Br. The Kier molecular flexibility index (Phi) is 3.28. The number of nitrogens with two attached hydrogens (primary N) is 1. The van der Waals surface area contributed by atoms with Gasteiger partial charge in [0.2, 0.25) is 5.82 Å². The molecule has 5 heteroatoms. The van der Waals surface area contributed by atoms with E-state index in [4.69, 9.17) is 10.5 Å². The standard InChI is InChI=1S/C12H8BrF2NO/c13-8-6-7(4-5-10(8)16)17-11-3-1-2-9(14)12(11)15/h1-6H,16H2. The third-order valence-electron chi connectivity index (χ3n) is 2.12. The molecule has 0 radical (unpaired) electrons. The second-order valence-corrected chi connectivity index (χ2v) is 4.19. The average Bonchev–Trinajstić information content (AvgIpc) is 2.30. The molecule has 0 aromatic heterocycles. The van der Waals surface area contributed by atoms with Gasteiger partial charge in [-0.05, 0) is 46.3 Å². The maximum absolute atomic E-state index is 13.3. The van der Waals surface area contributed by atoms with E-state index in [-0.39, 0.29) is 5.75 Å². The van der Waals surface area contributed by atoms with E-state index in [9.17, 15) is 8.78 Å². The van der Waals surface area contributed by atoms with Gasteiger partial charge >= 0.3 is 0 Å². The highest BCUT2D eigenvalue weighted by Gasteiger charge is 2.10. The monoisotopic (exact) mass is 299 g/mol. The summed E-state index contributed by atoms with van der Waals surface area (Å²) in [6, 6.07) is 8.52. The summed E-state index contributed by atoms with van der Waals surface area (Å²) in [5.41, 5.74) is 6.14. The lowest BCUT2D eigenvalue weighted by atomic mass is 10.3. The molecule has 0 atom stereocenters. The van der Waals surface area contributed by atoms with Crippen molar-refractivity contribution >= 4 is 21.6 Å². The van der Waals surface area contributed by atoms with Crippen molar-refractivity contribution in [3.8, 4) is 11.5 Å². The summed E-state index contributed by atoms with van der Waals surface area (Å²) in [5.74, 6) is -1.75. The van der Waals surface area contributed by atoms with Gasteiger partial charge in [-0.3, -0.25) is 0 Å². The molecule has 0 aliphatic carbocycles. The summed E-state index contributed by atoms with van der Waals surface area (Å²) >= 11 is 3.22. The highest BCUT2D eigenvalue weighted by molar-refractivity contribution is 9.10. The zero-order chi connectivity index (χ0) is 12.4. The Morgan fingerprint density at radius 3 is 2.59 bits per heavy atom. The van der Waals surface area contributed by atoms with Gasteiger partial charge in [-0.15, -0.1) is 0 Å². The second kappa shape index (κ2) is 4.71. The number of halogens is 3. The highest BCUT2D eigenvalue weighted by atomic mass is 79.9. The van der Waals surface area contributed by atoms with Gasteiger partial charge < -0.3 is 10.5 Å². The lowest BCUT2D eigenvalue weighted by Gasteiger charge is -2.08. The van der Waals surface area contributed by atoms with E-state index in [1.807, 2.05) is 0 Å². The van der Waals surface area contributed by atoms with Crippen LogP contribution in [-0.2, 0) is 0 Å². The molecule has 0 saturated carbocycles. The molecule has 2 nitrogen and oxygen atoms in total. The van der Waals surface area contributed by atoms with Crippen LogP contribution in [0.2, 0.25) is 0 Å². The molecule has 88 valence electrons. The number of nitrogen functional groups attached to an aromatic ring is 1. The normalized spacial score (nSPS) is 10.3. The minimum atomic E-state index is -1.01. The molecule has 0 aliphatic heterocycles. The van der Waals surface area contributed by atoms with E-state index >= 15 is 0 Å². The van der Waals surface area contributed by atoms with Gasteiger partial charge in [0.15, 0.2) is 11.6 Å². The Morgan fingerprint density at radius 1 is 1.12 bits per heavy atom. The molecular formula is C12H8BrF2NO. The molecule has 2 aromatic rings. The Balaban J connectivity index is 2.31. The van der Waals surface area contributed by atoms with Crippen LogP contribution in [-0.4, -0.2) is 0 Å². The van der Waals surface area contributed by atoms with Crippen LogP contribution in [0.5, 0.6) is 11.5 Å². The zero-order valence-electron chi connectivity index (χ0n) is 8.58. The predicted molar refractivity (Wildman–Crippen MR) is 65.0 cm³/mol. The van der Waals surface area contributed by atoms with Gasteiger partial charge in [0.05, 0.1) is 0 Å². The number of hydrogen-bond donors (Lipinski definition) is 1. The van der Waals surface area contributed by atoms with Crippen molar-refractivity contribution in [2.45, 2.75) is 0 Å². The summed E-state index contributed by atoms with van der Waals surface area (Å²) in [6.07, 6.45) is 0. The summed E-state index contributed by atoms with van der Waals surface area (Å²) in [4.78, 5) is 0. The summed E-state index contributed by atoms with van der Waals surface area (Å²) in [7, 11) is 0.